The van der Waals surface area contributed by atoms with Crippen molar-refractivity contribution in [2.45, 2.75) is 27.2 Å². The Kier molecular flexibility index (Phi) is 1.87. The van der Waals surface area contributed by atoms with Crippen LogP contribution in [-0.2, 0) is 6.42 Å². The van der Waals surface area contributed by atoms with Crippen LogP contribution in [0.3, 0.4) is 0 Å². The molecule has 0 aliphatic rings. The quantitative estimate of drug-likeness (QED) is 0.719. The minimum Gasteiger partial charge on any atom is -0.246 e. The molecule has 74 valence electrons. The summed E-state index contributed by atoms with van der Waals surface area (Å²) in [5.41, 5.74) is 2.44. The Morgan fingerprint density at radius 3 is 2.79 bits per heavy atom. The van der Waals surface area contributed by atoms with Gasteiger partial charge in [-0.3, -0.25) is 0 Å². The summed E-state index contributed by atoms with van der Waals surface area (Å²) in [5, 5.41) is 6.43. The van der Waals surface area contributed by atoms with Crippen LogP contribution in [0.1, 0.15) is 24.0 Å². The molecule has 0 bridgehead atoms. The molecule has 5 heteroatoms. The van der Waals surface area contributed by atoms with Crippen LogP contribution in [0.25, 0.3) is 5.65 Å². The second kappa shape index (κ2) is 2.94. The van der Waals surface area contributed by atoms with Gasteiger partial charge >= 0.3 is 5.69 Å². The molecule has 0 aromatic carbocycles. The number of hydrogen-bond donors (Lipinski definition) is 1. The Bertz CT molecular complexity index is 537. The predicted molar refractivity (Wildman–Crippen MR) is 52.5 cm³/mol. The third-order valence-electron chi connectivity index (χ3n) is 2.39. The number of nitrogens with one attached hydrogen (secondary N) is 1. The molecule has 0 spiro atoms. The third kappa shape index (κ3) is 1.05. The molecule has 14 heavy (non-hydrogen) atoms. The number of rotatable bonds is 1. The van der Waals surface area contributed by atoms with E-state index in [-0.39, 0.29) is 5.69 Å². The van der Waals surface area contributed by atoms with Gasteiger partial charge in [-0.1, -0.05) is 6.92 Å². The number of aryl methyl sites for hydroxylation is 3. The molecule has 1 N–H and O–H groups in total. The van der Waals surface area contributed by atoms with Crippen LogP contribution in [0.2, 0.25) is 0 Å². The Morgan fingerprint density at radius 1 is 1.43 bits per heavy atom. The van der Waals surface area contributed by atoms with Gasteiger partial charge in [0.15, 0.2) is 5.65 Å². The van der Waals surface area contributed by atoms with Gasteiger partial charge in [0.1, 0.15) is 5.82 Å². The largest absolute Gasteiger partial charge is 0.349 e. The smallest absolute Gasteiger partial charge is 0.246 e. The van der Waals surface area contributed by atoms with Gasteiger partial charge in [-0.05, 0) is 20.3 Å². The summed E-state index contributed by atoms with van der Waals surface area (Å²) in [6, 6.07) is 0. The van der Waals surface area contributed by atoms with E-state index in [1.807, 2.05) is 13.8 Å². The van der Waals surface area contributed by atoms with Gasteiger partial charge in [-0.15, -0.1) is 0 Å². The first-order valence-electron chi connectivity index (χ1n) is 4.58. The van der Waals surface area contributed by atoms with E-state index in [0.717, 1.165) is 17.7 Å². The summed E-state index contributed by atoms with van der Waals surface area (Å²) in [6.45, 7) is 5.76. The van der Waals surface area contributed by atoms with Crippen molar-refractivity contribution < 1.29 is 0 Å². The zero-order valence-electron chi connectivity index (χ0n) is 8.46. The SMILES string of the molecule is CCc1c(C)nc(C)n2c(=O)[nH]nc12. The van der Waals surface area contributed by atoms with Crippen LogP contribution >= 0.6 is 0 Å². The maximum Gasteiger partial charge on any atom is 0.349 e. The number of nitrogens with zero attached hydrogens (tertiary/aromatic N) is 3. The molecule has 0 radical (unpaired) electrons. The first-order valence-corrected chi connectivity index (χ1v) is 4.58. The molecule has 5 nitrogen and oxygen atoms in total. The summed E-state index contributed by atoms with van der Waals surface area (Å²) < 4.78 is 1.51. The van der Waals surface area contributed by atoms with Gasteiger partial charge in [0.05, 0.1) is 0 Å². The van der Waals surface area contributed by atoms with Crippen molar-refractivity contribution in [2.24, 2.45) is 0 Å². The van der Waals surface area contributed by atoms with E-state index in [1.54, 1.807) is 6.92 Å². The lowest BCUT2D eigenvalue weighted by Gasteiger charge is -2.05. The van der Waals surface area contributed by atoms with Gasteiger partial charge in [0.2, 0.25) is 0 Å². The summed E-state index contributed by atoms with van der Waals surface area (Å²) in [7, 11) is 0. The first kappa shape index (κ1) is 8.93. The molecule has 2 heterocycles. The highest BCUT2D eigenvalue weighted by Gasteiger charge is 2.11. The maximum atomic E-state index is 11.4. The molecule has 0 atom stereocenters. The molecule has 0 aliphatic heterocycles. The molecular formula is C9H12N4O. The lowest BCUT2D eigenvalue weighted by atomic mass is 10.2. The highest BCUT2D eigenvalue weighted by molar-refractivity contribution is 5.49. The molecule has 0 aliphatic carbocycles. The van der Waals surface area contributed by atoms with Crippen LogP contribution in [0.15, 0.2) is 4.79 Å². The van der Waals surface area contributed by atoms with E-state index >= 15 is 0 Å². The van der Waals surface area contributed by atoms with Crippen molar-refractivity contribution in [3.05, 3.63) is 27.6 Å². The summed E-state index contributed by atoms with van der Waals surface area (Å²) in [4.78, 5) is 15.7. The van der Waals surface area contributed by atoms with Crippen LogP contribution in [-0.4, -0.2) is 19.6 Å². The average molecular weight is 192 g/mol. The van der Waals surface area contributed by atoms with E-state index in [0.29, 0.717) is 11.5 Å². The van der Waals surface area contributed by atoms with E-state index in [4.69, 9.17) is 0 Å². The van der Waals surface area contributed by atoms with Gasteiger partial charge in [0.25, 0.3) is 0 Å². The van der Waals surface area contributed by atoms with Crippen LogP contribution in [0, 0.1) is 13.8 Å². The second-order valence-corrected chi connectivity index (χ2v) is 3.26. The van der Waals surface area contributed by atoms with Crippen molar-refractivity contribution in [3.8, 4) is 0 Å². The van der Waals surface area contributed by atoms with Crippen molar-refractivity contribution in [1.29, 1.82) is 0 Å². The molecule has 0 unspecified atom stereocenters. The van der Waals surface area contributed by atoms with Gasteiger partial charge in [-0.25, -0.2) is 19.3 Å². The van der Waals surface area contributed by atoms with Crippen LogP contribution in [0.5, 0.6) is 0 Å². The Morgan fingerprint density at radius 2 is 2.14 bits per heavy atom. The minimum absolute atomic E-state index is 0.222. The molecule has 2 rings (SSSR count). The van der Waals surface area contributed by atoms with Gasteiger partial charge < -0.3 is 0 Å². The molecule has 2 aromatic rings. The van der Waals surface area contributed by atoms with Crippen LogP contribution in [0.4, 0.5) is 0 Å². The minimum atomic E-state index is -0.222. The van der Waals surface area contributed by atoms with Crippen molar-refractivity contribution >= 4 is 5.65 Å². The molecule has 0 fully saturated rings. The molecule has 0 amide bonds. The second-order valence-electron chi connectivity index (χ2n) is 3.26. The topological polar surface area (TPSA) is 63.1 Å². The van der Waals surface area contributed by atoms with Crippen molar-refractivity contribution in [2.75, 3.05) is 0 Å². The highest BCUT2D eigenvalue weighted by Crippen LogP contribution is 2.11. The number of hydrogen-bond acceptors (Lipinski definition) is 3. The normalized spacial score (nSPS) is 11.1. The first-order chi connectivity index (χ1) is 6.65. The lowest BCUT2D eigenvalue weighted by molar-refractivity contribution is 0.895. The monoisotopic (exact) mass is 192 g/mol. The van der Waals surface area contributed by atoms with Gasteiger partial charge in [-0.2, -0.15) is 5.10 Å². The Balaban J connectivity index is 3.00. The number of H-pyrrole nitrogens is 1. The zero-order valence-corrected chi connectivity index (χ0v) is 8.46. The van der Waals surface area contributed by atoms with E-state index in [1.165, 1.54) is 4.40 Å². The molecule has 2 aromatic heterocycles. The zero-order chi connectivity index (χ0) is 10.3. The number of aromatic amines is 1. The van der Waals surface area contributed by atoms with E-state index in [2.05, 4.69) is 15.2 Å². The Hall–Kier alpha value is -1.65. The number of fused-ring (bicyclic) bond motifs is 1. The predicted octanol–water partition coefficient (Wildman–Crippen LogP) is 0.597. The number of aromatic nitrogens is 4. The van der Waals surface area contributed by atoms with E-state index in [9.17, 15) is 4.79 Å². The summed E-state index contributed by atoms with van der Waals surface area (Å²) in [5.74, 6) is 0.674. The maximum absolute atomic E-state index is 11.4. The summed E-state index contributed by atoms with van der Waals surface area (Å²) in [6.07, 6.45) is 0.826. The average Bonchev–Trinajstić information content (AvgIpc) is 2.49. The molecule has 0 saturated heterocycles. The van der Waals surface area contributed by atoms with Crippen LogP contribution < -0.4 is 5.69 Å². The van der Waals surface area contributed by atoms with Gasteiger partial charge in [0, 0.05) is 11.3 Å². The standard InChI is InChI=1S/C9H12N4O/c1-4-7-5(2)10-6(3)13-8(7)11-12-9(13)14/h4H2,1-3H3,(H,12,14). The fourth-order valence-corrected chi connectivity index (χ4v) is 1.74. The fourth-order valence-electron chi connectivity index (χ4n) is 1.74. The lowest BCUT2D eigenvalue weighted by Crippen LogP contribution is -2.14. The third-order valence-corrected chi connectivity index (χ3v) is 2.39. The van der Waals surface area contributed by atoms with Crippen molar-refractivity contribution in [3.63, 3.8) is 0 Å². The Labute approximate surface area is 80.8 Å². The highest BCUT2D eigenvalue weighted by atomic mass is 16.1. The molecule has 0 saturated carbocycles. The summed E-state index contributed by atoms with van der Waals surface area (Å²) >= 11 is 0. The molecular weight excluding hydrogens is 180 g/mol. The van der Waals surface area contributed by atoms with E-state index < -0.39 is 0 Å². The van der Waals surface area contributed by atoms with Crippen molar-refractivity contribution in [1.82, 2.24) is 19.6 Å². The fraction of sp³-hybridized carbons (Fsp3) is 0.444.